The predicted octanol–water partition coefficient (Wildman–Crippen LogP) is 1.28. The Bertz CT molecular complexity index is 554. The number of carbonyl (C=O) groups excluding carboxylic acids is 1. The molecule has 0 aliphatic heterocycles. The van der Waals surface area contributed by atoms with Crippen LogP contribution in [0.2, 0.25) is 0 Å². The highest BCUT2D eigenvalue weighted by atomic mass is 16.6. The Morgan fingerprint density at radius 1 is 1.16 bits per heavy atom. The second-order valence-electron chi connectivity index (χ2n) is 3.45. The minimum atomic E-state index is -0.636. The van der Waals surface area contributed by atoms with Crippen molar-refractivity contribution in [2.45, 2.75) is 0 Å². The molecular formula is C11H8N4O4. The van der Waals surface area contributed by atoms with Gasteiger partial charge in [0, 0.05) is 6.07 Å². The van der Waals surface area contributed by atoms with Gasteiger partial charge in [0.05, 0.1) is 6.20 Å². The summed E-state index contributed by atoms with van der Waals surface area (Å²) in [7, 11) is 0. The van der Waals surface area contributed by atoms with Crippen LogP contribution in [-0.2, 0) is 0 Å². The fraction of sp³-hybridized carbons (Fsp3) is 0. The van der Waals surface area contributed by atoms with Crippen molar-refractivity contribution in [2.75, 3.05) is 0 Å². The Morgan fingerprint density at radius 3 is 2.21 bits per heavy atom. The molecule has 0 fully saturated rings. The van der Waals surface area contributed by atoms with Crippen molar-refractivity contribution >= 4 is 11.7 Å². The van der Waals surface area contributed by atoms with E-state index in [9.17, 15) is 14.9 Å². The first-order valence-corrected chi connectivity index (χ1v) is 5.10. The number of amides is 1. The highest BCUT2D eigenvalue weighted by Gasteiger charge is 2.08. The summed E-state index contributed by atoms with van der Waals surface area (Å²) in [6, 6.07) is 5.55. The van der Waals surface area contributed by atoms with Gasteiger partial charge in [-0.15, -0.1) is 0 Å². The number of nitro groups is 1. The van der Waals surface area contributed by atoms with Gasteiger partial charge in [-0.3, -0.25) is 4.79 Å². The highest BCUT2D eigenvalue weighted by molar-refractivity contribution is 5.90. The average molecular weight is 260 g/mol. The molecule has 0 saturated carbocycles. The van der Waals surface area contributed by atoms with E-state index in [1.807, 2.05) is 0 Å². The van der Waals surface area contributed by atoms with Crippen LogP contribution in [0.25, 0.3) is 0 Å². The van der Waals surface area contributed by atoms with Crippen molar-refractivity contribution in [1.82, 2.24) is 9.97 Å². The van der Waals surface area contributed by atoms with Crippen molar-refractivity contribution < 1.29 is 14.5 Å². The lowest BCUT2D eigenvalue weighted by Crippen LogP contribution is -2.12. The molecule has 19 heavy (non-hydrogen) atoms. The molecule has 0 aromatic carbocycles. The molecule has 96 valence electrons. The number of ether oxygens (including phenoxy) is 1. The van der Waals surface area contributed by atoms with E-state index < -0.39 is 10.8 Å². The van der Waals surface area contributed by atoms with Crippen molar-refractivity contribution in [3.63, 3.8) is 0 Å². The molecule has 0 aliphatic carbocycles. The van der Waals surface area contributed by atoms with Gasteiger partial charge in [0.1, 0.15) is 11.4 Å². The molecule has 0 saturated heterocycles. The number of nitrogens with zero attached hydrogens (tertiary/aromatic N) is 3. The molecule has 0 spiro atoms. The topological polar surface area (TPSA) is 121 Å². The van der Waals surface area contributed by atoms with Crippen molar-refractivity contribution in [1.29, 1.82) is 0 Å². The van der Waals surface area contributed by atoms with Crippen LogP contribution >= 0.6 is 0 Å². The third kappa shape index (κ3) is 3.00. The molecule has 2 aromatic rings. The summed E-state index contributed by atoms with van der Waals surface area (Å²) in [6.07, 6.45) is 2.54. The van der Waals surface area contributed by atoms with Gasteiger partial charge in [-0.2, -0.15) is 0 Å². The molecule has 2 aromatic heterocycles. The second-order valence-corrected chi connectivity index (χ2v) is 3.45. The molecule has 2 rings (SSSR count). The molecule has 2 heterocycles. The molecule has 0 unspecified atom stereocenters. The normalized spacial score (nSPS) is 9.89. The van der Waals surface area contributed by atoms with Crippen molar-refractivity contribution in [2.24, 2.45) is 5.73 Å². The molecule has 0 bridgehead atoms. The fourth-order valence-corrected chi connectivity index (χ4v) is 1.26. The Hall–Kier alpha value is -3.03. The van der Waals surface area contributed by atoms with Gasteiger partial charge in [0.2, 0.25) is 0 Å². The van der Waals surface area contributed by atoms with Gasteiger partial charge in [-0.25, -0.2) is 4.98 Å². The lowest BCUT2D eigenvalue weighted by atomic mass is 10.3. The van der Waals surface area contributed by atoms with E-state index in [1.54, 1.807) is 0 Å². The van der Waals surface area contributed by atoms with Gasteiger partial charge in [0.25, 0.3) is 5.91 Å². The van der Waals surface area contributed by atoms with Crippen LogP contribution in [0.3, 0.4) is 0 Å². The van der Waals surface area contributed by atoms with E-state index >= 15 is 0 Å². The molecule has 1 amide bonds. The minimum absolute atomic E-state index is 0.120. The second kappa shape index (κ2) is 5.08. The molecule has 0 radical (unpaired) electrons. The van der Waals surface area contributed by atoms with E-state index in [-0.39, 0.29) is 11.5 Å². The minimum Gasteiger partial charge on any atom is -0.452 e. The first kappa shape index (κ1) is 12.4. The predicted molar refractivity (Wildman–Crippen MR) is 63.7 cm³/mol. The van der Waals surface area contributed by atoms with E-state index in [2.05, 4.69) is 9.97 Å². The molecule has 2 N–H and O–H groups in total. The number of carbonyl (C=O) groups is 1. The lowest BCUT2D eigenvalue weighted by molar-refractivity contribution is -0.389. The first-order valence-electron chi connectivity index (χ1n) is 5.10. The highest BCUT2D eigenvalue weighted by Crippen LogP contribution is 2.21. The molecule has 8 nitrogen and oxygen atoms in total. The first-order chi connectivity index (χ1) is 9.06. The Morgan fingerprint density at radius 2 is 1.79 bits per heavy atom. The number of rotatable bonds is 4. The molecular weight excluding hydrogens is 252 g/mol. The number of nitrogens with two attached hydrogens (primary N) is 1. The van der Waals surface area contributed by atoms with E-state index in [4.69, 9.17) is 10.5 Å². The molecule has 0 atom stereocenters. The van der Waals surface area contributed by atoms with Gasteiger partial charge in [-0.1, -0.05) is 0 Å². The average Bonchev–Trinajstić information content (AvgIpc) is 2.40. The van der Waals surface area contributed by atoms with Crippen molar-refractivity contribution in [3.05, 3.63) is 52.5 Å². The smallest absolute Gasteiger partial charge is 0.363 e. The number of hydrogen-bond acceptors (Lipinski definition) is 6. The number of aromatic nitrogens is 2. The van der Waals surface area contributed by atoms with Gasteiger partial charge < -0.3 is 20.6 Å². The number of hydrogen-bond donors (Lipinski definition) is 1. The standard InChI is InChI=1S/C11H8N4O4/c12-11(16)9-3-1-7(5-13-9)19-8-2-4-10(14-6-8)15(17)18/h1-6H,(H2,12,16). The molecule has 0 aliphatic rings. The Kier molecular flexibility index (Phi) is 3.33. The Labute approximate surface area is 107 Å². The summed E-state index contributed by atoms with van der Waals surface area (Å²) in [5, 5.41) is 10.4. The summed E-state index contributed by atoms with van der Waals surface area (Å²) in [5.41, 5.74) is 5.16. The quantitative estimate of drug-likeness (QED) is 0.652. The zero-order valence-corrected chi connectivity index (χ0v) is 9.52. The summed E-state index contributed by atoms with van der Waals surface area (Å²) < 4.78 is 5.35. The van der Waals surface area contributed by atoms with Crippen LogP contribution in [0.5, 0.6) is 11.5 Å². The van der Waals surface area contributed by atoms with Gasteiger partial charge in [0.15, 0.2) is 11.9 Å². The van der Waals surface area contributed by atoms with Crippen LogP contribution in [-0.4, -0.2) is 20.8 Å². The third-order valence-corrected chi connectivity index (χ3v) is 2.13. The van der Waals surface area contributed by atoms with E-state index in [0.29, 0.717) is 11.5 Å². The number of pyridine rings is 2. The summed E-state index contributed by atoms with van der Waals surface area (Å²) >= 11 is 0. The summed E-state index contributed by atoms with van der Waals surface area (Å²) in [6.45, 7) is 0. The molecule has 8 heteroatoms. The Balaban J connectivity index is 2.12. The van der Waals surface area contributed by atoms with Crippen LogP contribution in [0.1, 0.15) is 10.5 Å². The zero-order chi connectivity index (χ0) is 13.8. The van der Waals surface area contributed by atoms with E-state index in [1.165, 1.54) is 36.7 Å². The van der Waals surface area contributed by atoms with Crippen LogP contribution in [0.4, 0.5) is 5.82 Å². The third-order valence-electron chi connectivity index (χ3n) is 2.13. The largest absolute Gasteiger partial charge is 0.452 e. The fourth-order valence-electron chi connectivity index (χ4n) is 1.26. The number of primary amides is 1. The van der Waals surface area contributed by atoms with Crippen LogP contribution in [0.15, 0.2) is 36.7 Å². The van der Waals surface area contributed by atoms with E-state index in [0.717, 1.165) is 0 Å². The zero-order valence-electron chi connectivity index (χ0n) is 9.52. The monoisotopic (exact) mass is 260 g/mol. The van der Waals surface area contributed by atoms with Gasteiger partial charge in [-0.05, 0) is 28.1 Å². The summed E-state index contributed by atoms with van der Waals surface area (Å²) in [5.74, 6) is -0.224. The lowest BCUT2D eigenvalue weighted by Gasteiger charge is -2.03. The maximum absolute atomic E-state index is 10.8. The van der Waals surface area contributed by atoms with Crippen LogP contribution < -0.4 is 10.5 Å². The SMILES string of the molecule is NC(=O)c1ccc(Oc2ccc([N+](=O)[O-])nc2)cn1. The summed E-state index contributed by atoms with van der Waals surface area (Å²) in [4.78, 5) is 28.0. The maximum Gasteiger partial charge on any atom is 0.363 e. The van der Waals surface area contributed by atoms with Crippen molar-refractivity contribution in [3.8, 4) is 11.5 Å². The maximum atomic E-state index is 10.8. The van der Waals surface area contributed by atoms with Crippen LogP contribution in [0, 0.1) is 10.1 Å². The van der Waals surface area contributed by atoms with Gasteiger partial charge >= 0.3 is 5.82 Å².